The van der Waals surface area contributed by atoms with Gasteiger partial charge in [-0.1, -0.05) is 6.07 Å². The summed E-state index contributed by atoms with van der Waals surface area (Å²) in [5, 5.41) is 13.6. The highest BCUT2D eigenvalue weighted by Gasteiger charge is 2.49. The largest absolute Gasteiger partial charge is 0.496 e. The molecule has 39 heavy (non-hydrogen) atoms. The lowest BCUT2D eigenvalue weighted by atomic mass is 9.77. The Morgan fingerprint density at radius 2 is 1.54 bits per heavy atom. The SMILES string of the molecule is COc1cc(-c2cn[nH]c2)ccc1C(=O)N1CCC2(CC1)CCN(c1ccc(-c3cn[nH]c3)c(OC)c1)C2=O. The molecule has 2 aromatic heterocycles. The van der Waals surface area contributed by atoms with Gasteiger partial charge in [0.2, 0.25) is 5.91 Å². The molecule has 2 aliphatic heterocycles. The molecule has 0 radical (unpaired) electrons. The van der Waals surface area contributed by atoms with Gasteiger partial charge in [0, 0.05) is 60.5 Å². The molecule has 2 N–H and O–H groups in total. The average molecular weight is 527 g/mol. The van der Waals surface area contributed by atoms with Gasteiger partial charge in [-0.2, -0.15) is 10.2 Å². The van der Waals surface area contributed by atoms with E-state index in [1.54, 1.807) is 38.9 Å². The molecule has 2 fully saturated rings. The summed E-state index contributed by atoms with van der Waals surface area (Å²) in [6.45, 7) is 1.69. The summed E-state index contributed by atoms with van der Waals surface area (Å²) < 4.78 is 11.2. The summed E-state index contributed by atoms with van der Waals surface area (Å²) in [5.74, 6) is 1.25. The van der Waals surface area contributed by atoms with Crippen molar-refractivity contribution in [2.45, 2.75) is 19.3 Å². The Hall–Kier alpha value is -4.60. The van der Waals surface area contributed by atoms with Crippen molar-refractivity contribution in [2.75, 3.05) is 38.8 Å². The predicted octanol–water partition coefficient (Wildman–Crippen LogP) is 4.14. The van der Waals surface area contributed by atoms with E-state index in [4.69, 9.17) is 9.47 Å². The Labute approximate surface area is 225 Å². The second-order valence-corrected chi connectivity index (χ2v) is 10.1. The highest BCUT2D eigenvalue weighted by molar-refractivity contribution is 6.01. The Morgan fingerprint density at radius 1 is 0.846 bits per heavy atom. The van der Waals surface area contributed by atoms with Gasteiger partial charge in [-0.3, -0.25) is 19.8 Å². The van der Waals surface area contributed by atoms with Crippen molar-refractivity contribution < 1.29 is 19.1 Å². The Bertz CT molecular complexity index is 1490. The summed E-state index contributed by atoms with van der Waals surface area (Å²) in [4.78, 5) is 30.9. The van der Waals surface area contributed by atoms with Crippen LogP contribution < -0.4 is 14.4 Å². The van der Waals surface area contributed by atoms with Crippen molar-refractivity contribution in [3.63, 3.8) is 0 Å². The first-order valence-corrected chi connectivity index (χ1v) is 13.0. The number of nitrogens with zero attached hydrogens (tertiary/aromatic N) is 4. The number of H-pyrrole nitrogens is 2. The summed E-state index contributed by atoms with van der Waals surface area (Å²) in [7, 11) is 3.20. The van der Waals surface area contributed by atoms with E-state index in [9.17, 15) is 9.59 Å². The highest BCUT2D eigenvalue weighted by atomic mass is 16.5. The summed E-state index contributed by atoms with van der Waals surface area (Å²) in [6, 6.07) is 11.4. The van der Waals surface area contributed by atoms with Crippen molar-refractivity contribution in [2.24, 2.45) is 5.41 Å². The number of hydrogen-bond acceptors (Lipinski definition) is 6. The molecule has 4 heterocycles. The number of hydrogen-bond donors (Lipinski definition) is 2. The number of amides is 2. The van der Waals surface area contributed by atoms with Crippen molar-refractivity contribution >= 4 is 17.5 Å². The Kier molecular flexibility index (Phi) is 6.30. The second kappa shape index (κ2) is 9.94. The number of anilines is 1. The number of methoxy groups -OCH3 is 2. The van der Waals surface area contributed by atoms with Crippen LogP contribution in [0.1, 0.15) is 29.6 Å². The molecule has 0 unspecified atom stereocenters. The minimum absolute atomic E-state index is 0.0812. The van der Waals surface area contributed by atoms with Crippen molar-refractivity contribution in [3.8, 4) is 33.8 Å². The summed E-state index contributed by atoms with van der Waals surface area (Å²) in [5.41, 5.74) is 4.56. The molecule has 2 aromatic carbocycles. The smallest absolute Gasteiger partial charge is 0.257 e. The van der Waals surface area contributed by atoms with Crippen LogP contribution in [0.5, 0.6) is 11.5 Å². The fourth-order valence-corrected chi connectivity index (χ4v) is 5.78. The van der Waals surface area contributed by atoms with Crippen LogP contribution in [0.2, 0.25) is 0 Å². The number of ether oxygens (including phenoxy) is 2. The number of aromatic nitrogens is 4. The predicted molar refractivity (Wildman–Crippen MR) is 146 cm³/mol. The number of carbonyl (C=O) groups is 2. The molecule has 10 nitrogen and oxygen atoms in total. The zero-order valence-corrected chi connectivity index (χ0v) is 21.9. The average Bonchev–Trinajstić information content (AvgIpc) is 3.76. The van der Waals surface area contributed by atoms with Crippen LogP contribution in [0, 0.1) is 5.41 Å². The van der Waals surface area contributed by atoms with E-state index in [0.717, 1.165) is 34.4 Å². The third kappa shape index (κ3) is 4.31. The third-order valence-corrected chi connectivity index (χ3v) is 8.09. The van der Waals surface area contributed by atoms with E-state index < -0.39 is 5.41 Å². The van der Waals surface area contributed by atoms with Gasteiger partial charge in [0.05, 0.1) is 37.6 Å². The number of aromatic amines is 2. The molecule has 1 spiro atoms. The maximum Gasteiger partial charge on any atom is 0.257 e. The minimum Gasteiger partial charge on any atom is -0.496 e. The standard InChI is InChI=1S/C29H30N6O4/c1-38-25-13-19(20-15-30-31-16-20)3-5-24(25)27(36)34-10-7-29(8-11-34)9-12-35(28(29)37)22-4-6-23(26(14-22)39-2)21-17-32-33-18-21/h3-6,13-18H,7-12H2,1-2H3,(H,30,31)(H,32,33). The van der Waals surface area contributed by atoms with E-state index in [1.165, 1.54) is 0 Å². The molecule has 2 aliphatic rings. The molecule has 0 saturated carbocycles. The lowest BCUT2D eigenvalue weighted by Gasteiger charge is -2.38. The maximum absolute atomic E-state index is 13.7. The van der Waals surface area contributed by atoms with E-state index in [-0.39, 0.29) is 11.8 Å². The number of piperidine rings is 1. The van der Waals surface area contributed by atoms with Gasteiger partial charge in [-0.05, 0) is 49.1 Å². The van der Waals surface area contributed by atoms with E-state index in [2.05, 4.69) is 20.4 Å². The van der Waals surface area contributed by atoms with Gasteiger partial charge in [0.25, 0.3) is 5.91 Å². The van der Waals surface area contributed by atoms with E-state index in [1.807, 2.05) is 46.3 Å². The molecule has 200 valence electrons. The highest BCUT2D eigenvalue weighted by Crippen LogP contribution is 2.45. The molecule has 10 heteroatoms. The normalized spacial score (nSPS) is 16.6. The lowest BCUT2D eigenvalue weighted by Crippen LogP contribution is -2.46. The summed E-state index contributed by atoms with van der Waals surface area (Å²) >= 11 is 0. The molecule has 4 aromatic rings. The molecule has 0 bridgehead atoms. The van der Waals surface area contributed by atoms with Gasteiger partial charge in [-0.25, -0.2) is 0 Å². The van der Waals surface area contributed by atoms with Crippen LogP contribution in [0.4, 0.5) is 5.69 Å². The number of benzene rings is 2. The molecular formula is C29H30N6O4. The minimum atomic E-state index is -0.456. The quantitative estimate of drug-likeness (QED) is 0.390. The molecule has 0 atom stereocenters. The van der Waals surface area contributed by atoms with Crippen LogP contribution in [-0.4, -0.2) is 71.0 Å². The summed E-state index contributed by atoms with van der Waals surface area (Å²) in [6.07, 6.45) is 9.11. The molecular weight excluding hydrogens is 496 g/mol. The Morgan fingerprint density at radius 3 is 2.21 bits per heavy atom. The van der Waals surface area contributed by atoms with Gasteiger partial charge >= 0.3 is 0 Å². The molecule has 0 aliphatic carbocycles. The fourth-order valence-electron chi connectivity index (χ4n) is 5.78. The molecule has 6 rings (SSSR count). The van der Waals surface area contributed by atoms with Crippen molar-refractivity contribution in [1.82, 2.24) is 25.3 Å². The monoisotopic (exact) mass is 526 g/mol. The van der Waals surface area contributed by atoms with Gasteiger partial charge in [0.15, 0.2) is 0 Å². The number of likely N-dealkylation sites (tertiary alicyclic amines) is 1. The maximum atomic E-state index is 13.7. The van der Waals surface area contributed by atoms with Gasteiger partial charge < -0.3 is 19.3 Å². The zero-order chi connectivity index (χ0) is 27.0. The van der Waals surface area contributed by atoms with E-state index in [0.29, 0.717) is 49.5 Å². The zero-order valence-electron chi connectivity index (χ0n) is 21.9. The van der Waals surface area contributed by atoms with E-state index >= 15 is 0 Å². The Balaban J connectivity index is 1.16. The van der Waals surface area contributed by atoms with Crippen LogP contribution in [-0.2, 0) is 4.79 Å². The van der Waals surface area contributed by atoms with Gasteiger partial charge in [-0.15, -0.1) is 0 Å². The number of nitrogens with one attached hydrogen (secondary N) is 2. The van der Waals surface area contributed by atoms with Crippen LogP contribution in [0.15, 0.2) is 61.2 Å². The van der Waals surface area contributed by atoms with Crippen molar-refractivity contribution in [3.05, 3.63) is 66.7 Å². The molecule has 2 amide bonds. The number of carbonyl (C=O) groups excluding carboxylic acids is 2. The second-order valence-electron chi connectivity index (χ2n) is 10.1. The van der Waals surface area contributed by atoms with Crippen LogP contribution >= 0.6 is 0 Å². The number of rotatable bonds is 6. The van der Waals surface area contributed by atoms with Crippen LogP contribution in [0.25, 0.3) is 22.3 Å². The topological polar surface area (TPSA) is 116 Å². The first-order chi connectivity index (χ1) is 19.0. The lowest BCUT2D eigenvalue weighted by molar-refractivity contribution is -0.127. The fraction of sp³-hybridized carbons (Fsp3) is 0.310. The molecule has 2 saturated heterocycles. The first-order valence-electron chi connectivity index (χ1n) is 13.0. The third-order valence-electron chi connectivity index (χ3n) is 8.09. The van der Waals surface area contributed by atoms with Gasteiger partial charge in [0.1, 0.15) is 11.5 Å². The van der Waals surface area contributed by atoms with Crippen LogP contribution in [0.3, 0.4) is 0 Å². The first kappa shape index (κ1) is 24.7. The van der Waals surface area contributed by atoms with Crippen molar-refractivity contribution in [1.29, 1.82) is 0 Å².